The van der Waals surface area contributed by atoms with Crippen LogP contribution in [0.25, 0.3) is 0 Å². The summed E-state index contributed by atoms with van der Waals surface area (Å²) in [5, 5.41) is 2.76. The van der Waals surface area contributed by atoms with E-state index in [1.807, 2.05) is 20.8 Å². The summed E-state index contributed by atoms with van der Waals surface area (Å²) < 4.78 is 13.8. The van der Waals surface area contributed by atoms with E-state index in [1.165, 1.54) is 11.0 Å². The van der Waals surface area contributed by atoms with E-state index < -0.39 is 12.1 Å². The van der Waals surface area contributed by atoms with Crippen molar-refractivity contribution in [3.05, 3.63) is 29.6 Å². The van der Waals surface area contributed by atoms with Gasteiger partial charge in [-0.2, -0.15) is 0 Å². The van der Waals surface area contributed by atoms with Gasteiger partial charge in [0.25, 0.3) is 0 Å². The molecule has 1 aromatic carbocycles. The molecule has 1 heterocycles. The molecule has 2 atom stereocenters. The Bertz CT molecular complexity index is 571. The molecule has 2 amide bonds. The van der Waals surface area contributed by atoms with Gasteiger partial charge in [-0.15, -0.1) is 0 Å². The summed E-state index contributed by atoms with van der Waals surface area (Å²) in [6.45, 7) is 7.23. The van der Waals surface area contributed by atoms with E-state index in [0.717, 1.165) is 0 Å². The molecule has 0 saturated carbocycles. The van der Waals surface area contributed by atoms with Crippen LogP contribution in [0.15, 0.2) is 18.2 Å². The number of carbonyl (C=O) groups is 2. The third-order valence-corrected chi connectivity index (χ3v) is 3.94. The summed E-state index contributed by atoms with van der Waals surface area (Å²) in [6, 6.07) is 3.46. The predicted octanol–water partition coefficient (Wildman–Crippen LogP) is 2.40. The average Bonchev–Trinajstić information content (AvgIpc) is 2.43. The molecule has 1 aromatic rings. The lowest BCUT2D eigenvalue weighted by Gasteiger charge is -2.41. The highest BCUT2D eigenvalue weighted by Crippen LogP contribution is 2.29. The zero-order chi connectivity index (χ0) is 15.7. The molecule has 1 aliphatic rings. The number of amides is 2. The van der Waals surface area contributed by atoms with Gasteiger partial charge in [0.15, 0.2) is 0 Å². The molecule has 114 valence electrons. The highest BCUT2D eigenvalue weighted by molar-refractivity contribution is 6.08. The van der Waals surface area contributed by atoms with Crippen molar-refractivity contribution in [1.82, 2.24) is 5.32 Å². The van der Waals surface area contributed by atoms with Gasteiger partial charge in [0.2, 0.25) is 11.8 Å². The maximum absolute atomic E-state index is 13.8. The van der Waals surface area contributed by atoms with E-state index in [1.54, 1.807) is 19.1 Å². The SMILES string of the molecule is CCC1NC(=O)C(C(C)C)N(c2cccc(F)c2C)C1=O. The lowest BCUT2D eigenvalue weighted by Crippen LogP contribution is -2.65. The van der Waals surface area contributed by atoms with Gasteiger partial charge in [-0.1, -0.05) is 26.8 Å². The molecule has 1 aliphatic heterocycles. The summed E-state index contributed by atoms with van der Waals surface area (Å²) in [4.78, 5) is 26.5. The van der Waals surface area contributed by atoms with Crippen LogP contribution in [0.4, 0.5) is 10.1 Å². The monoisotopic (exact) mass is 292 g/mol. The van der Waals surface area contributed by atoms with Crippen LogP contribution in [0.2, 0.25) is 0 Å². The highest BCUT2D eigenvalue weighted by atomic mass is 19.1. The number of benzene rings is 1. The first-order valence-corrected chi connectivity index (χ1v) is 7.27. The molecular formula is C16H21FN2O2. The Morgan fingerprint density at radius 3 is 2.57 bits per heavy atom. The minimum atomic E-state index is -0.610. The molecular weight excluding hydrogens is 271 g/mol. The number of carbonyl (C=O) groups excluding carboxylic acids is 2. The largest absolute Gasteiger partial charge is 0.342 e. The van der Waals surface area contributed by atoms with Crippen LogP contribution in [0.1, 0.15) is 32.8 Å². The number of anilines is 1. The van der Waals surface area contributed by atoms with Gasteiger partial charge >= 0.3 is 0 Å². The number of piperazine rings is 1. The van der Waals surface area contributed by atoms with Crippen LogP contribution in [0, 0.1) is 18.7 Å². The van der Waals surface area contributed by atoms with Gasteiger partial charge in [-0.25, -0.2) is 4.39 Å². The van der Waals surface area contributed by atoms with Gasteiger partial charge < -0.3 is 5.32 Å². The molecule has 2 rings (SSSR count). The quantitative estimate of drug-likeness (QED) is 0.930. The number of rotatable bonds is 3. The Kier molecular flexibility index (Phi) is 4.30. The van der Waals surface area contributed by atoms with Gasteiger partial charge in [0.1, 0.15) is 17.9 Å². The van der Waals surface area contributed by atoms with Crippen LogP contribution in [0.5, 0.6) is 0 Å². The number of hydrogen-bond donors (Lipinski definition) is 1. The molecule has 1 N–H and O–H groups in total. The van der Waals surface area contributed by atoms with Crippen molar-refractivity contribution in [3.63, 3.8) is 0 Å². The summed E-state index contributed by atoms with van der Waals surface area (Å²) in [5.41, 5.74) is 0.869. The number of halogens is 1. The standard InChI is InChI=1S/C16H21FN2O2/c1-5-12-16(21)19(14(9(2)3)15(20)18-12)13-8-6-7-11(17)10(13)4/h6-9,12,14H,5H2,1-4H3,(H,18,20). The molecule has 2 unspecified atom stereocenters. The van der Waals surface area contributed by atoms with E-state index in [9.17, 15) is 14.0 Å². The first-order valence-electron chi connectivity index (χ1n) is 7.27. The van der Waals surface area contributed by atoms with Gasteiger partial charge in [-0.3, -0.25) is 14.5 Å². The van der Waals surface area contributed by atoms with Crippen LogP contribution in [-0.4, -0.2) is 23.9 Å². The predicted molar refractivity (Wildman–Crippen MR) is 79.5 cm³/mol. The Morgan fingerprint density at radius 2 is 2.00 bits per heavy atom. The maximum Gasteiger partial charge on any atom is 0.250 e. The van der Waals surface area contributed by atoms with E-state index in [2.05, 4.69) is 5.32 Å². The lowest BCUT2D eigenvalue weighted by molar-refractivity contribution is -0.134. The smallest absolute Gasteiger partial charge is 0.250 e. The minimum Gasteiger partial charge on any atom is -0.342 e. The van der Waals surface area contributed by atoms with Crippen LogP contribution >= 0.6 is 0 Å². The third kappa shape index (κ3) is 2.64. The van der Waals surface area contributed by atoms with Gasteiger partial charge in [0.05, 0.1) is 5.69 Å². The van der Waals surface area contributed by atoms with Crippen molar-refractivity contribution >= 4 is 17.5 Å². The van der Waals surface area contributed by atoms with E-state index in [0.29, 0.717) is 17.7 Å². The molecule has 1 fully saturated rings. The summed E-state index contributed by atoms with van der Waals surface area (Å²) in [7, 11) is 0. The molecule has 4 nitrogen and oxygen atoms in total. The first kappa shape index (κ1) is 15.5. The fourth-order valence-corrected chi connectivity index (χ4v) is 2.74. The second kappa shape index (κ2) is 5.84. The third-order valence-electron chi connectivity index (χ3n) is 3.94. The molecule has 5 heteroatoms. The second-order valence-corrected chi connectivity index (χ2v) is 5.75. The van der Waals surface area contributed by atoms with Gasteiger partial charge in [0, 0.05) is 5.56 Å². The van der Waals surface area contributed by atoms with Crippen molar-refractivity contribution in [2.75, 3.05) is 4.90 Å². The average molecular weight is 292 g/mol. The van der Waals surface area contributed by atoms with Crippen molar-refractivity contribution in [3.8, 4) is 0 Å². The Labute approximate surface area is 124 Å². The van der Waals surface area contributed by atoms with Crippen molar-refractivity contribution < 1.29 is 14.0 Å². The van der Waals surface area contributed by atoms with Crippen molar-refractivity contribution in [1.29, 1.82) is 0 Å². The molecule has 0 radical (unpaired) electrons. The molecule has 21 heavy (non-hydrogen) atoms. The maximum atomic E-state index is 13.8. The van der Waals surface area contributed by atoms with Crippen molar-refractivity contribution in [2.24, 2.45) is 5.92 Å². The normalized spacial score (nSPS) is 22.7. The van der Waals surface area contributed by atoms with E-state index >= 15 is 0 Å². The summed E-state index contributed by atoms with van der Waals surface area (Å²) in [5.74, 6) is -0.791. The Morgan fingerprint density at radius 1 is 1.33 bits per heavy atom. The van der Waals surface area contributed by atoms with Gasteiger partial charge in [-0.05, 0) is 31.4 Å². The van der Waals surface area contributed by atoms with E-state index in [-0.39, 0.29) is 23.5 Å². The minimum absolute atomic E-state index is 0.0607. The molecule has 1 saturated heterocycles. The lowest BCUT2D eigenvalue weighted by atomic mass is 9.94. The Hall–Kier alpha value is -1.91. The van der Waals surface area contributed by atoms with Crippen molar-refractivity contribution in [2.45, 2.75) is 46.2 Å². The van der Waals surface area contributed by atoms with Crippen LogP contribution < -0.4 is 10.2 Å². The number of nitrogens with one attached hydrogen (secondary N) is 1. The Balaban J connectivity index is 2.55. The second-order valence-electron chi connectivity index (χ2n) is 5.75. The van der Waals surface area contributed by atoms with Crippen LogP contribution in [0.3, 0.4) is 0 Å². The fraction of sp³-hybridized carbons (Fsp3) is 0.500. The van der Waals surface area contributed by atoms with Crippen LogP contribution in [-0.2, 0) is 9.59 Å². The molecule has 0 aromatic heterocycles. The van der Waals surface area contributed by atoms with E-state index in [4.69, 9.17) is 0 Å². The first-order chi connectivity index (χ1) is 9.88. The number of hydrogen-bond acceptors (Lipinski definition) is 2. The number of nitrogens with zero attached hydrogens (tertiary/aromatic N) is 1. The summed E-state index contributed by atoms with van der Waals surface area (Å²) in [6.07, 6.45) is 0.514. The fourth-order valence-electron chi connectivity index (χ4n) is 2.74. The summed E-state index contributed by atoms with van der Waals surface area (Å²) >= 11 is 0. The molecule has 0 spiro atoms. The highest BCUT2D eigenvalue weighted by Gasteiger charge is 2.42. The zero-order valence-corrected chi connectivity index (χ0v) is 12.8. The molecule has 0 aliphatic carbocycles. The molecule has 0 bridgehead atoms. The zero-order valence-electron chi connectivity index (χ0n) is 12.8. The topological polar surface area (TPSA) is 49.4 Å².